The summed E-state index contributed by atoms with van der Waals surface area (Å²) in [6, 6.07) is 11.5. The third-order valence-corrected chi connectivity index (χ3v) is 5.21. The predicted octanol–water partition coefficient (Wildman–Crippen LogP) is 5.70. The fraction of sp³-hybridized carbons (Fsp3) is 0.500. The average Bonchev–Trinajstić information content (AvgIpc) is 3.20. The highest BCUT2D eigenvalue weighted by atomic mass is 14.7. The number of benzene rings is 1. The summed E-state index contributed by atoms with van der Waals surface area (Å²) in [5.74, 6) is 0.508. The number of aromatic nitrogens is 1. The SMILES string of the molecule is CC.CC(C)c1ccc(Cc2ccc3c(c2)CC2(CC2)C3)cn1. The van der Waals surface area contributed by atoms with Gasteiger partial charge in [0.15, 0.2) is 0 Å². The Morgan fingerprint density at radius 2 is 1.65 bits per heavy atom. The van der Waals surface area contributed by atoms with Gasteiger partial charge in [-0.25, -0.2) is 0 Å². The van der Waals surface area contributed by atoms with Crippen LogP contribution in [0.3, 0.4) is 0 Å². The van der Waals surface area contributed by atoms with E-state index in [0.717, 1.165) is 6.42 Å². The van der Waals surface area contributed by atoms with Crippen LogP contribution in [0.25, 0.3) is 0 Å². The van der Waals surface area contributed by atoms with Gasteiger partial charge in [0, 0.05) is 11.9 Å². The molecule has 1 aromatic carbocycles. The first-order chi connectivity index (χ1) is 11.1. The molecular weight excluding hydrogens is 278 g/mol. The molecule has 0 saturated heterocycles. The molecule has 0 aliphatic heterocycles. The topological polar surface area (TPSA) is 12.9 Å². The molecule has 4 rings (SSSR count). The van der Waals surface area contributed by atoms with Crippen molar-refractivity contribution in [1.82, 2.24) is 4.98 Å². The Bertz CT molecular complexity index is 663. The van der Waals surface area contributed by atoms with Crippen LogP contribution >= 0.6 is 0 Å². The number of fused-ring (bicyclic) bond motifs is 1. The van der Waals surface area contributed by atoms with Gasteiger partial charge < -0.3 is 0 Å². The fourth-order valence-corrected chi connectivity index (χ4v) is 3.64. The molecule has 0 unspecified atom stereocenters. The Labute approximate surface area is 141 Å². The zero-order valence-electron chi connectivity index (χ0n) is 15.0. The fourth-order valence-electron chi connectivity index (χ4n) is 3.64. The Balaban J connectivity index is 0.000000753. The quantitative estimate of drug-likeness (QED) is 0.708. The second-order valence-electron chi connectivity index (χ2n) is 7.38. The summed E-state index contributed by atoms with van der Waals surface area (Å²) in [6.45, 7) is 8.38. The molecule has 1 saturated carbocycles. The highest BCUT2D eigenvalue weighted by Gasteiger charge is 2.46. The monoisotopic (exact) mass is 307 g/mol. The number of nitrogens with zero attached hydrogens (tertiary/aromatic N) is 1. The summed E-state index contributed by atoms with van der Waals surface area (Å²) < 4.78 is 0. The average molecular weight is 307 g/mol. The third-order valence-electron chi connectivity index (χ3n) is 5.21. The molecule has 23 heavy (non-hydrogen) atoms. The lowest BCUT2D eigenvalue weighted by molar-refractivity contribution is 0.549. The van der Waals surface area contributed by atoms with Gasteiger partial charge in [0.2, 0.25) is 0 Å². The van der Waals surface area contributed by atoms with E-state index in [2.05, 4.69) is 49.2 Å². The summed E-state index contributed by atoms with van der Waals surface area (Å²) in [5, 5.41) is 0. The number of pyridine rings is 1. The molecule has 0 N–H and O–H groups in total. The van der Waals surface area contributed by atoms with E-state index in [4.69, 9.17) is 0 Å². The Kier molecular flexibility index (Phi) is 4.57. The van der Waals surface area contributed by atoms with E-state index in [1.807, 2.05) is 20.0 Å². The third kappa shape index (κ3) is 3.49. The zero-order valence-corrected chi connectivity index (χ0v) is 15.0. The molecular formula is C22H29N. The highest BCUT2D eigenvalue weighted by Crippen LogP contribution is 2.55. The number of hydrogen-bond donors (Lipinski definition) is 0. The van der Waals surface area contributed by atoms with Crippen molar-refractivity contribution in [3.8, 4) is 0 Å². The van der Waals surface area contributed by atoms with Crippen LogP contribution in [0.1, 0.15) is 74.4 Å². The minimum absolute atomic E-state index is 0.508. The van der Waals surface area contributed by atoms with Crippen molar-refractivity contribution in [2.45, 2.75) is 65.7 Å². The first-order valence-corrected chi connectivity index (χ1v) is 9.19. The Morgan fingerprint density at radius 3 is 2.26 bits per heavy atom. The second-order valence-corrected chi connectivity index (χ2v) is 7.38. The molecule has 1 nitrogen and oxygen atoms in total. The summed E-state index contributed by atoms with van der Waals surface area (Å²) in [6.07, 6.45) is 8.58. The van der Waals surface area contributed by atoms with Crippen molar-refractivity contribution >= 4 is 0 Å². The number of rotatable bonds is 3. The van der Waals surface area contributed by atoms with E-state index >= 15 is 0 Å². The normalized spacial score (nSPS) is 16.9. The van der Waals surface area contributed by atoms with Crippen LogP contribution in [0.2, 0.25) is 0 Å². The standard InChI is InChI=1S/C20H23N.C2H6/c1-14(2)19-6-4-16(13-21-19)9-15-3-5-17-11-20(7-8-20)12-18(17)10-15;1-2/h3-6,10,13-14H,7-9,11-12H2,1-2H3;1-2H3. The molecule has 1 fully saturated rings. The van der Waals surface area contributed by atoms with E-state index in [1.54, 1.807) is 11.1 Å². The minimum Gasteiger partial charge on any atom is -0.261 e. The maximum absolute atomic E-state index is 4.58. The van der Waals surface area contributed by atoms with Crippen molar-refractivity contribution < 1.29 is 0 Å². The lowest BCUT2D eigenvalue weighted by Crippen LogP contribution is -1.96. The molecule has 0 bridgehead atoms. The molecule has 1 heteroatoms. The largest absolute Gasteiger partial charge is 0.261 e. The van der Waals surface area contributed by atoms with E-state index in [1.165, 1.54) is 42.5 Å². The molecule has 2 aromatic rings. The van der Waals surface area contributed by atoms with Crippen molar-refractivity contribution in [3.05, 3.63) is 64.5 Å². The van der Waals surface area contributed by atoms with E-state index < -0.39 is 0 Å². The van der Waals surface area contributed by atoms with Gasteiger partial charge in [0.1, 0.15) is 0 Å². The lowest BCUT2D eigenvalue weighted by atomic mass is 10.0. The molecule has 122 valence electrons. The van der Waals surface area contributed by atoms with Gasteiger partial charge in [-0.2, -0.15) is 0 Å². The van der Waals surface area contributed by atoms with Crippen LogP contribution in [-0.4, -0.2) is 4.98 Å². The summed E-state index contributed by atoms with van der Waals surface area (Å²) >= 11 is 0. The first-order valence-electron chi connectivity index (χ1n) is 9.19. The zero-order chi connectivity index (χ0) is 16.4. The lowest BCUT2D eigenvalue weighted by Gasteiger charge is -2.07. The predicted molar refractivity (Wildman–Crippen MR) is 98.0 cm³/mol. The smallest absolute Gasteiger partial charge is 0.0429 e. The van der Waals surface area contributed by atoms with Crippen molar-refractivity contribution in [2.24, 2.45) is 5.41 Å². The van der Waals surface area contributed by atoms with Gasteiger partial charge in [-0.15, -0.1) is 0 Å². The van der Waals surface area contributed by atoms with Crippen LogP contribution in [0.15, 0.2) is 36.5 Å². The Morgan fingerprint density at radius 1 is 0.957 bits per heavy atom. The van der Waals surface area contributed by atoms with Crippen molar-refractivity contribution in [3.63, 3.8) is 0 Å². The Hall–Kier alpha value is -1.63. The summed E-state index contributed by atoms with van der Waals surface area (Å²) in [7, 11) is 0. The van der Waals surface area contributed by atoms with Gasteiger partial charge in [-0.3, -0.25) is 4.98 Å². The molecule has 0 radical (unpaired) electrons. The van der Waals surface area contributed by atoms with Crippen LogP contribution in [0.4, 0.5) is 0 Å². The van der Waals surface area contributed by atoms with Gasteiger partial charge in [-0.05, 0) is 71.8 Å². The number of hydrogen-bond acceptors (Lipinski definition) is 1. The van der Waals surface area contributed by atoms with Crippen LogP contribution in [0, 0.1) is 5.41 Å². The summed E-state index contributed by atoms with van der Waals surface area (Å²) in [4.78, 5) is 4.58. The van der Waals surface area contributed by atoms with Crippen molar-refractivity contribution in [1.29, 1.82) is 0 Å². The van der Waals surface area contributed by atoms with Crippen molar-refractivity contribution in [2.75, 3.05) is 0 Å². The van der Waals surface area contributed by atoms with Gasteiger partial charge in [0.05, 0.1) is 0 Å². The van der Waals surface area contributed by atoms with Gasteiger partial charge in [0.25, 0.3) is 0 Å². The van der Waals surface area contributed by atoms with E-state index in [-0.39, 0.29) is 0 Å². The molecule has 0 amide bonds. The van der Waals surface area contributed by atoms with Gasteiger partial charge >= 0.3 is 0 Å². The highest BCUT2D eigenvalue weighted by molar-refractivity contribution is 5.41. The molecule has 1 aromatic heterocycles. The maximum Gasteiger partial charge on any atom is 0.0429 e. The second kappa shape index (κ2) is 6.47. The molecule has 2 aliphatic rings. The van der Waals surface area contributed by atoms with Crippen LogP contribution in [0.5, 0.6) is 0 Å². The van der Waals surface area contributed by atoms with Crippen LogP contribution in [-0.2, 0) is 19.3 Å². The van der Waals surface area contributed by atoms with E-state index in [9.17, 15) is 0 Å². The van der Waals surface area contributed by atoms with Crippen LogP contribution < -0.4 is 0 Å². The molecule has 2 aliphatic carbocycles. The summed E-state index contributed by atoms with van der Waals surface area (Å²) in [5.41, 5.74) is 7.83. The molecule has 0 atom stereocenters. The maximum atomic E-state index is 4.58. The molecule has 1 spiro atoms. The first kappa shape index (κ1) is 16.2. The molecule has 1 heterocycles. The van der Waals surface area contributed by atoms with E-state index in [0.29, 0.717) is 11.3 Å². The van der Waals surface area contributed by atoms with Gasteiger partial charge in [-0.1, -0.05) is 52.0 Å². The minimum atomic E-state index is 0.508.